The normalized spacial score (nSPS) is 10.7. The Bertz CT molecular complexity index is 195. The van der Waals surface area contributed by atoms with Crippen LogP contribution < -0.4 is 0 Å². The molecule has 50 valence electrons. The molecule has 0 aromatic carbocycles. The number of hydrogen-bond acceptors (Lipinski definition) is 3. The minimum Gasteiger partial charge on any atom is -0.364 e. The van der Waals surface area contributed by atoms with Crippen molar-refractivity contribution in [3.05, 3.63) is 18.0 Å². The van der Waals surface area contributed by atoms with E-state index in [4.69, 9.17) is 10.2 Å². The Hall–Kier alpha value is -0.870. The fraction of sp³-hybridized carbons (Fsp3) is 0.400. The van der Waals surface area contributed by atoms with Gasteiger partial charge in [-0.15, -0.1) is 0 Å². The largest absolute Gasteiger partial charge is 0.364 e. The zero-order valence-corrected chi connectivity index (χ0v) is 5.02. The Morgan fingerprint density at radius 3 is 2.56 bits per heavy atom. The van der Waals surface area contributed by atoms with Crippen LogP contribution in [-0.4, -0.2) is 20.0 Å². The maximum Gasteiger partial charge on any atom is 0.181 e. The van der Waals surface area contributed by atoms with Gasteiger partial charge in [0.2, 0.25) is 0 Å². The van der Waals surface area contributed by atoms with Gasteiger partial charge in [-0.25, -0.2) is 0 Å². The molecule has 0 radical (unpaired) electrons. The van der Waals surface area contributed by atoms with E-state index in [1.807, 2.05) is 0 Å². The molecule has 0 aliphatic heterocycles. The lowest BCUT2D eigenvalue weighted by Crippen LogP contribution is -1.91. The summed E-state index contributed by atoms with van der Waals surface area (Å²) < 4.78 is 1.51. The summed E-state index contributed by atoms with van der Waals surface area (Å²) in [7, 11) is 1.71. The van der Waals surface area contributed by atoms with Crippen LogP contribution in [0.3, 0.4) is 0 Å². The second-order valence-corrected chi connectivity index (χ2v) is 1.82. The quantitative estimate of drug-likeness (QED) is 0.497. The minimum absolute atomic E-state index is 0.414. The Morgan fingerprint density at radius 1 is 1.67 bits per heavy atom. The fourth-order valence-corrected chi connectivity index (χ4v) is 0.573. The van der Waals surface area contributed by atoms with Crippen molar-refractivity contribution < 1.29 is 10.2 Å². The first-order chi connectivity index (χ1) is 4.20. The highest BCUT2D eigenvalue weighted by Crippen LogP contribution is 2.05. The molecule has 1 heterocycles. The summed E-state index contributed by atoms with van der Waals surface area (Å²) in [6.45, 7) is 0. The smallest absolute Gasteiger partial charge is 0.181 e. The van der Waals surface area contributed by atoms with Gasteiger partial charge in [0.25, 0.3) is 0 Å². The number of aliphatic hydroxyl groups excluding tert-OH is 1. The zero-order chi connectivity index (χ0) is 6.85. The maximum absolute atomic E-state index is 8.54. The van der Waals surface area contributed by atoms with Crippen molar-refractivity contribution in [3.8, 4) is 0 Å². The number of nitrogens with zero attached hydrogens (tertiary/aromatic N) is 2. The maximum atomic E-state index is 8.54. The van der Waals surface area contributed by atoms with E-state index in [2.05, 4.69) is 5.10 Å². The molecule has 0 spiro atoms. The predicted molar refractivity (Wildman–Crippen MR) is 30.4 cm³/mol. The third kappa shape index (κ3) is 1.28. The van der Waals surface area contributed by atoms with Gasteiger partial charge < -0.3 is 10.2 Å². The zero-order valence-electron chi connectivity index (χ0n) is 5.02. The van der Waals surface area contributed by atoms with Crippen molar-refractivity contribution in [1.29, 1.82) is 0 Å². The highest BCUT2D eigenvalue weighted by atomic mass is 16.5. The van der Waals surface area contributed by atoms with Crippen molar-refractivity contribution in [2.75, 3.05) is 0 Å². The van der Waals surface area contributed by atoms with E-state index in [-0.39, 0.29) is 0 Å². The molecule has 0 saturated carbocycles. The van der Waals surface area contributed by atoms with Crippen LogP contribution in [0.15, 0.2) is 12.4 Å². The molecule has 0 bridgehead atoms. The summed E-state index contributed by atoms with van der Waals surface area (Å²) in [5.74, 6) is 0. The molecule has 9 heavy (non-hydrogen) atoms. The van der Waals surface area contributed by atoms with Crippen LogP contribution in [0.4, 0.5) is 0 Å². The van der Waals surface area contributed by atoms with Crippen molar-refractivity contribution in [2.24, 2.45) is 7.05 Å². The van der Waals surface area contributed by atoms with E-state index in [0.29, 0.717) is 5.56 Å². The Balaban J connectivity index is 2.85. The number of aliphatic hydroxyl groups is 2. The molecule has 0 fully saturated rings. The molecule has 0 aliphatic rings. The number of aromatic nitrogens is 2. The molecule has 1 aromatic rings. The van der Waals surface area contributed by atoms with Gasteiger partial charge in [-0.1, -0.05) is 0 Å². The highest BCUT2D eigenvalue weighted by molar-refractivity contribution is 5.03. The van der Waals surface area contributed by atoms with E-state index in [1.54, 1.807) is 13.2 Å². The van der Waals surface area contributed by atoms with Crippen LogP contribution in [0.5, 0.6) is 0 Å². The molecule has 0 saturated heterocycles. The van der Waals surface area contributed by atoms with Crippen molar-refractivity contribution >= 4 is 0 Å². The predicted octanol–water partition coefficient (Wildman–Crippen LogP) is -0.597. The number of rotatable bonds is 1. The Morgan fingerprint density at radius 2 is 2.33 bits per heavy atom. The van der Waals surface area contributed by atoms with E-state index in [0.717, 1.165) is 0 Å². The molecular formula is C5H8N2O2. The summed E-state index contributed by atoms with van der Waals surface area (Å²) in [6.07, 6.45) is 1.55. The SMILES string of the molecule is Cn1cc(C(O)O)cn1. The van der Waals surface area contributed by atoms with Crippen LogP contribution in [0.25, 0.3) is 0 Å². The van der Waals surface area contributed by atoms with E-state index in [1.165, 1.54) is 10.9 Å². The first kappa shape index (κ1) is 6.25. The summed E-state index contributed by atoms with van der Waals surface area (Å²) in [5.41, 5.74) is 0.414. The van der Waals surface area contributed by atoms with Gasteiger partial charge in [0.05, 0.1) is 6.20 Å². The van der Waals surface area contributed by atoms with E-state index < -0.39 is 6.29 Å². The summed E-state index contributed by atoms with van der Waals surface area (Å²) >= 11 is 0. The van der Waals surface area contributed by atoms with Gasteiger partial charge in [0, 0.05) is 18.8 Å². The molecule has 0 unspecified atom stereocenters. The minimum atomic E-state index is -1.40. The molecule has 1 rings (SSSR count). The lowest BCUT2D eigenvalue weighted by Gasteiger charge is -1.94. The number of aryl methyl sites for hydroxylation is 1. The first-order valence-corrected chi connectivity index (χ1v) is 2.55. The molecule has 0 amide bonds. The van der Waals surface area contributed by atoms with Crippen LogP contribution >= 0.6 is 0 Å². The lowest BCUT2D eigenvalue weighted by atomic mass is 10.4. The monoisotopic (exact) mass is 128 g/mol. The van der Waals surface area contributed by atoms with Crippen LogP contribution in [0.2, 0.25) is 0 Å². The van der Waals surface area contributed by atoms with Crippen molar-refractivity contribution in [1.82, 2.24) is 9.78 Å². The second-order valence-electron chi connectivity index (χ2n) is 1.82. The van der Waals surface area contributed by atoms with E-state index in [9.17, 15) is 0 Å². The Labute approximate surface area is 52.4 Å². The molecule has 4 nitrogen and oxygen atoms in total. The lowest BCUT2D eigenvalue weighted by molar-refractivity contribution is -0.0425. The van der Waals surface area contributed by atoms with E-state index >= 15 is 0 Å². The van der Waals surface area contributed by atoms with Gasteiger partial charge in [0.1, 0.15) is 0 Å². The van der Waals surface area contributed by atoms with Gasteiger partial charge in [0.15, 0.2) is 6.29 Å². The second kappa shape index (κ2) is 2.16. The Kier molecular flexibility index (Phi) is 1.50. The fourth-order valence-electron chi connectivity index (χ4n) is 0.573. The summed E-state index contributed by atoms with van der Waals surface area (Å²) in [5, 5.41) is 20.8. The topological polar surface area (TPSA) is 58.3 Å². The van der Waals surface area contributed by atoms with Gasteiger partial charge >= 0.3 is 0 Å². The third-order valence-electron chi connectivity index (χ3n) is 1.02. The molecule has 4 heteroatoms. The molecule has 0 aliphatic carbocycles. The standard InChI is InChI=1S/C5H8N2O2/c1-7-3-4(2-6-7)5(8)9/h2-3,5,8-9H,1H3. The first-order valence-electron chi connectivity index (χ1n) is 2.55. The van der Waals surface area contributed by atoms with Gasteiger partial charge in [-0.2, -0.15) is 5.10 Å². The third-order valence-corrected chi connectivity index (χ3v) is 1.02. The summed E-state index contributed by atoms with van der Waals surface area (Å²) in [6, 6.07) is 0. The summed E-state index contributed by atoms with van der Waals surface area (Å²) in [4.78, 5) is 0. The van der Waals surface area contributed by atoms with Crippen molar-refractivity contribution in [3.63, 3.8) is 0 Å². The van der Waals surface area contributed by atoms with Gasteiger partial charge in [-0.3, -0.25) is 4.68 Å². The number of hydrogen-bond donors (Lipinski definition) is 2. The molecule has 1 aromatic heterocycles. The molecule has 2 N–H and O–H groups in total. The molecular weight excluding hydrogens is 120 g/mol. The van der Waals surface area contributed by atoms with Crippen LogP contribution in [0, 0.1) is 0 Å². The van der Waals surface area contributed by atoms with Crippen LogP contribution in [0.1, 0.15) is 11.9 Å². The van der Waals surface area contributed by atoms with Crippen molar-refractivity contribution in [2.45, 2.75) is 6.29 Å². The average Bonchev–Trinajstić information content (AvgIpc) is 2.14. The van der Waals surface area contributed by atoms with Crippen LogP contribution in [-0.2, 0) is 7.05 Å². The molecule has 0 atom stereocenters. The highest BCUT2D eigenvalue weighted by Gasteiger charge is 2.02. The van der Waals surface area contributed by atoms with Gasteiger partial charge in [-0.05, 0) is 0 Å². The average molecular weight is 128 g/mol.